The fourth-order valence-corrected chi connectivity index (χ4v) is 2.82. The number of carbonyl (C=O) groups excluding carboxylic acids is 1. The van der Waals surface area contributed by atoms with Gasteiger partial charge in [-0.1, -0.05) is 13.8 Å². The van der Waals surface area contributed by atoms with Gasteiger partial charge in [0, 0.05) is 23.9 Å². The molecule has 2 heterocycles. The van der Waals surface area contributed by atoms with Gasteiger partial charge in [-0.05, 0) is 43.5 Å². The van der Waals surface area contributed by atoms with Gasteiger partial charge in [0.05, 0.1) is 22.1 Å². The fraction of sp³-hybridized carbons (Fsp3) is 0.350. The first-order valence-corrected chi connectivity index (χ1v) is 9.06. The van der Waals surface area contributed by atoms with Crippen molar-refractivity contribution in [1.29, 1.82) is 0 Å². The van der Waals surface area contributed by atoms with Gasteiger partial charge in [0.15, 0.2) is 5.65 Å². The molecule has 0 aliphatic heterocycles. The minimum absolute atomic E-state index is 0.00593. The number of nitro groups is 1. The molecule has 1 aromatic carbocycles. The molecule has 0 saturated heterocycles. The van der Waals surface area contributed by atoms with Crippen molar-refractivity contribution >= 4 is 22.7 Å². The molecule has 0 aliphatic carbocycles. The Morgan fingerprint density at radius 1 is 1.21 bits per heavy atom. The third kappa shape index (κ3) is 3.85. The molecular weight excluding hydrogens is 360 g/mol. The van der Waals surface area contributed by atoms with Crippen LogP contribution in [0.2, 0.25) is 0 Å². The molecule has 0 atom stereocenters. The number of pyridine rings is 1. The Morgan fingerprint density at radius 2 is 1.89 bits per heavy atom. The molecular formula is C20H22N4O4. The Bertz CT molecular complexity index is 1020. The Hall–Kier alpha value is -3.29. The average molecular weight is 382 g/mol. The Kier molecular flexibility index (Phi) is 5.39. The van der Waals surface area contributed by atoms with Gasteiger partial charge in [0.25, 0.3) is 5.69 Å². The Morgan fingerprint density at radius 3 is 2.46 bits per heavy atom. The van der Waals surface area contributed by atoms with Crippen molar-refractivity contribution in [2.75, 3.05) is 0 Å². The van der Waals surface area contributed by atoms with E-state index in [1.54, 1.807) is 29.1 Å². The molecule has 3 aromatic rings. The quantitative estimate of drug-likeness (QED) is 0.356. The van der Waals surface area contributed by atoms with Crippen LogP contribution >= 0.6 is 0 Å². The van der Waals surface area contributed by atoms with Crippen LogP contribution < -0.4 is 0 Å². The topological polar surface area (TPSA) is 100 Å². The highest BCUT2D eigenvalue weighted by molar-refractivity contribution is 6.02. The average Bonchev–Trinajstić information content (AvgIpc) is 3.09. The number of esters is 1. The van der Waals surface area contributed by atoms with Crippen molar-refractivity contribution in [3.8, 4) is 0 Å². The number of benzene rings is 1. The van der Waals surface area contributed by atoms with Gasteiger partial charge in [-0.3, -0.25) is 10.1 Å². The van der Waals surface area contributed by atoms with E-state index in [1.807, 2.05) is 27.7 Å². The summed E-state index contributed by atoms with van der Waals surface area (Å²) in [6.07, 6.45) is 1.63. The first-order chi connectivity index (χ1) is 13.3. The molecule has 0 fully saturated rings. The predicted octanol–water partition coefficient (Wildman–Crippen LogP) is 4.40. The number of hydrogen-bond donors (Lipinski definition) is 0. The Balaban J connectivity index is 1.89. The number of nitro benzene ring substituents is 1. The van der Waals surface area contributed by atoms with Crippen LogP contribution in [0.5, 0.6) is 0 Å². The number of rotatable bonds is 6. The maximum Gasteiger partial charge on any atom is 0.339 e. The molecule has 0 N–H and O–H groups in total. The van der Waals surface area contributed by atoms with Crippen LogP contribution in [0.4, 0.5) is 5.69 Å². The van der Waals surface area contributed by atoms with E-state index in [1.165, 1.54) is 12.1 Å². The molecule has 146 valence electrons. The first kappa shape index (κ1) is 19.5. The van der Waals surface area contributed by atoms with Crippen LogP contribution in [0, 0.1) is 10.1 Å². The molecule has 8 nitrogen and oxygen atoms in total. The Labute approximate surface area is 162 Å². The second-order valence-electron chi connectivity index (χ2n) is 7.17. The normalized spacial score (nSPS) is 11.4. The number of carbonyl (C=O) groups is 1. The lowest BCUT2D eigenvalue weighted by Gasteiger charge is -2.12. The zero-order chi connectivity index (χ0) is 20.4. The van der Waals surface area contributed by atoms with E-state index in [0.717, 1.165) is 5.69 Å². The minimum Gasteiger partial charge on any atom is -0.457 e. The zero-order valence-electron chi connectivity index (χ0n) is 16.2. The summed E-state index contributed by atoms with van der Waals surface area (Å²) in [4.78, 5) is 27.7. The highest BCUT2D eigenvalue weighted by Crippen LogP contribution is 2.25. The van der Waals surface area contributed by atoms with Gasteiger partial charge in [0.1, 0.15) is 6.61 Å². The fourth-order valence-electron chi connectivity index (χ4n) is 2.82. The number of hydrogen-bond acceptors (Lipinski definition) is 6. The van der Waals surface area contributed by atoms with Crippen LogP contribution in [-0.4, -0.2) is 25.7 Å². The van der Waals surface area contributed by atoms with Crippen LogP contribution in [0.3, 0.4) is 0 Å². The largest absolute Gasteiger partial charge is 0.457 e. The number of fused-ring (bicyclic) bond motifs is 1. The summed E-state index contributed by atoms with van der Waals surface area (Å²) in [5, 5.41) is 15.7. The van der Waals surface area contributed by atoms with Crippen LogP contribution in [0.25, 0.3) is 11.0 Å². The molecule has 0 saturated carbocycles. The lowest BCUT2D eigenvalue weighted by molar-refractivity contribution is -0.384. The van der Waals surface area contributed by atoms with Gasteiger partial charge in [-0.2, -0.15) is 5.10 Å². The van der Waals surface area contributed by atoms with E-state index in [-0.39, 0.29) is 24.3 Å². The highest BCUT2D eigenvalue weighted by Gasteiger charge is 2.20. The summed E-state index contributed by atoms with van der Waals surface area (Å²) >= 11 is 0. The van der Waals surface area contributed by atoms with Gasteiger partial charge in [-0.25, -0.2) is 14.5 Å². The van der Waals surface area contributed by atoms with Crippen molar-refractivity contribution < 1.29 is 14.5 Å². The van der Waals surface area contributed by atoms with Crippen molar-refractivity contribution in [3.05, 3.63) is 63.5 Å². The maximum absolute atomic E-state index is 12.8. The van der Waals surface area contributed by atoms with Crippen molar-refractivity contribution in [3.63, 3.8) is 0 Å². The zero-order valence-corrected chi connectivity index (χ0v) is 16.2. The minimum atomic E-state index is -0.476. The van der Waals surface area contributed by atoms with E-state index in [2.05, 4.69) is 10.1 Å². The summed E-state index contributed by atoms with van der Waals surface area (Å²) in [5.41, 5.74) is 2.53. The third-order valence-electron chi connectivity index (χ3n) is 4.40. The second-order valence-corrected chi connectivity index (χ2v) is 7.17. The van der Waals surface area contributed by atoms with Crippen molar-refractivity contribution in [1.82, 2.24) is 14.8 Å². The van der Waals surface area contributed by atoms with E-state index >= 15 is 0 Å². The van der Waals surface area contributed by atoms with Crippen molar-refractivity contribution in [2.24, 2.45) is 0 Å². The highest BCUT2D eigenvalue weighted by atomic mass is 16.6. The molecule has 0 amide bonds. The number of nitrogens with zero attached hydrogens (tertiary/aromatic N) is 4. The van der Waals surface area contributed by atoms with Crippen LogP contribution in [0.15, 0.2) is 36.5 Å². The van der Waals surface area contributed by atoms with E-state index < -0.39 is 10.9 Å². The lowest BCUT2D eigenvalue weighted by atomic mass is 10.1. The molecule has 8 heteroatoms. The number of ether oxygens (including phenoxy) is 1. The van der Waals surface area contributed by atoms with Gasteiger partial charge < -0.3 is 4.74 Å². The summed E-state index contributed by atoms with van der Waals surface area (Å²) < 4.78 is 7.24. The maximum atomic E-state index is 12.8. The van der Waals surface area contributed by atoms with E-state index in [0.29, 0.717) is 22.2 Å². The molecule has 2 aromatic heterocycles. The monoisotopic (exact) mass is 382 g/mol. The molecule has 0 spiro atoms. The van der Waals surface area contributed by atoms with Crippen LogP contribution in [0.1, 0.15) is 61.3 Å². The summed E-state index contributed by atoms with van der Waals surface area (Å²) in [7, 11) is 0. The smallest absolute Gasteiger partial charge is 0.339 e. The third-order valence-corrected chi connectivity index (χ3v) is 4.40. The number of aromatic nitrogens is 3. The molecule has 0 radical (unpaired) electrons. The molecule has 3 rings (SSSR count). The van der Waals surface area contributed by atoms with Gasteiger partial charge in [-0.15, -0.1) is 0 Å². The summed E-state index contributed by atoms with van der Waals surface area (Å²) in [6, 6.07) is 7.77. The van der Waals surface area contributed by atoms with E-state index in [9.17, 15) is 14.9 Å². The van der Waals surface area contributed by atoms with Crippen LogP contribution in [-0.2, 0) is 11.3 Å². The molecule has 0 aliphatic rings. The standard InChI is InChI=1S/C20H22N4O4/c1-12(2)18-9-16(17-10-21-23(13(3)4)19(17)22-18)20(25)28-11-14-5-7-15(8-6-14)24(26)27/h5-10,12-13H,11H2,1-4H3. The molecule has 0 bridgehead atoms. The van der Waals surface area contributed by atoms with E-state index in [4.69, 9.17) is 4.74 Å². The van der Waals surface area contributed by atoms with Gasteiger partial charge in [0.2, 0.25) is 0 Å². The second kappa shape index (κ2) is 7.75. The van der Waals surface area contributed by atoms with Crippen molar-refractivity contribution in [2.45, 2.75) is 46.3 Å². The molecule has 28 heavy (non-hydrogen) atoms. The summed E-state index contributed by atoms with van der Waals surface area (Å²) in [6.45, 7) is 8.05. The lowest BCUT2D eigenvalue weighted by Crippen LogP contribution is -2.10. The number of non-ortho nitro benzene ring substituents is 1. The van der Waals surface area contributed by atoms with Gasteiger partial charge >= 0.3 is 5.97 Å². The SMILES string of the molecule is CC(C)c1cc(C(=O)OCc2ccc([N+](=O)[O-])cc2)c2cnn(C(C)C)c2n1. The first-order valence-electron chi connectivity index (χ1n) is 9.06. The summed E-state index contributed by atoms with van der Waals surface area (Å²) in [5.74, 6) is -0.336. The molecule has 0 unspecified atom stereocenters. The predicted molar refractivity (Wildman–Crippen MR) is 104 cm³/mol.